The Bertz CT molecular complexity index is 456. The first kappa shape index (κ1) is 13.3. The molecule has 1 N–H and O–H groups in total. The predicted octanol–water partition coefficient (Wildman–Crippen LogP) is 3.59. The molecule has 0 saturated carbocycles. The molecule has 1 aliphatic carbocycles. The van der Waals surface area contributed by atoms with Crippen molar-refractivity contribution in [2.75, 3.05) is 26.2 Å². The van der Waals surface area contributed by atoms with Crippen molar-refractivity contribution in [2.45, 2.75) is 51.0 Å². The van der Waals surface area contributed by atoms with E-state index < -0.39 is 0 Å². The molecule has 1 aromatic rings. The molecule has 3 aliphatic rings. The minimum absolute atomic E-state index is 0.587. The summed E-state index contributed by atoms with van der Waals surface area (Å²) in [6.45, 7) is 5.15. The zero-order valence-electron chi connectivity index (χ0n) is 12.4. The van der Waals surface area contributed by atoms with E-state index in [1.165, 1.54) is 71.1 Å². The number of aryl methyl sites for hydroxylation is 1. The summed E-state index contributed by atoms with van der Waals surface area (Å²) in [6.07, 6.45) is 9.76. The number of likely N-dealkylation sites (tertiary alicyclic amines) is 1. The summed E-state index contributed by atoms with van der Waals surface area (Å²) in [6, 6.07) is 3.13. The van der Waals surface area contributed by atoms with Crippen LogP contribution in [0.15, 0.2) is 11.4 Å². The van der Waals surface area contributed by atoms with Gasteiger partial charge in [-0.2, -0.15) is 0 Å². The standard InChI is InChI=1S/C17H26N2S/c1-4-15(14-6-11-20-16(14)5-1)19-10-3-8-17(13-19)7-2-9-18-12-17/h6,11,15,18H,1-5,7-10,12-13H2. The Labute approximate surface area is 126 Å². The molecule has 0 radical (unpaired) electrons. The van der Waals surface area contributed by atoms with E-state index in [0.29, 0.717) is 5.41 Å². The van der Waals surface area contributed by atoms with Crippen LogP contribution in [0.2, 0.25) is 0 Å². The van der Waals surface area contributed by atoms with Crippen molar-refractivity contribution in [1.29, 1.82) is 0 Å². The molecule has 2 unspecified atom stereocenters. The molecule has 0 bridgehead atoms. The van der Waals surface area contributed by atoms with E-state index in [0.717, 1.165) is 6.04 Å². The Morgan fingerprint density at radius 1 is 1.25 bits per heavy atom. The van der Waals surface area contributed by atoms with Crippen LogP contribution in [0.4, 0.5) is 0 Å². The molecule has 2 saturated heterocycles. The van der Waals surface area contributed by atoms with E-state index in [2.05, 4.69) is 21.7 Å². The molecule has 2 aliphatic heterocycles. The van der Waals surface area contributed by atoms with Gasteiger partial charge >= 0.3 is 0 Å². The first-order valence-electron chi connectivity index (χ1n) is 8.37. The lowest BCUT2D eigenvalue weighted by molar-refractivity contribution is 0.0321. The molecule has 2 fully saturated rings. The molecule has 3 heterocycles. The molecular weight excluding hydrogens is 264 g/mol. The minimum Gasteiger partial charge on any atom is -0.316 e. The van der Waals surface area contributed by atoms with Crippen LogP contribution in [-0.4, -0.2) is 31.1 Å². The maximum Gasteiger partial charge on any atom is 0.0359 e. The van der Waals surface area contributed by atoms with Crippen LogP contribution in [0.5, 0.6) is 0 Å². The van der Waals surface area contributed by atoms with Gasteiger partial charge in [-0.1, -0.05) is 0 Å². The number of piperidine rings is 2. The highest BCUT2D eigenvalue weighted by Crippen LogP contribution is 2.43. The summed E-state index contributed by atoms with van der Waals surface area (Å²) < 4.78 is 0. The zero-order valence-corrected chi connectivity index (χ0v) is 13.2. The first-order chi connectivity index (χ1) is 9.86. The van der Waals surface area contributed by atoms with Gasteiger partial charge in [0, 0.05) is 24.0 Å². The highest BCUT2D eigenvalue weighted by Gasteiger charge is 2.39. The van der Waals surface area contributed by atoms with Crippen LogP contribution in [0.1, 0.15) is 55.0 Å². The number of nitrogens with zero attached hydrogens (tertiary/aromatic N) is 1. The van der Waals surface area contributed by atoms with Gasteiger partial charge in [0.2, 0.25) is 0 Å². The number of rotatable bonds is 1. The molecule has 20 heavy (non-hydrogen) atoms. The van der Waals surface area contributed by atoms with Crippen LogP contribution >= 0.6 is 11.3 Å². The average molecular weight is 290 g/mol. The number of hydrogen-bond donors (Lipinski definition) is 1. The predicted molar refractivity (Wildman–Crippen MR) is 85.3 cm³/mol. The topological polar surface area (TPSA) is 15.3 Å². The Morgan fingerprint density at radius 3 is 3.10 bits per heavy atom. The van der Waals surface area contributed by atoms with Crippen LogP contribution in [-0.2, 0) is 6.42 Å². The van der Waals surface area contributed by atoms with Crippen molar-refractivity contribution in [3.05, 3.63) is 21.9 Å². The molecule has 1 spiro atoms. The lowest BCUT2D eigenvalue weighted by Gasteiger charge is -2.48. The monoisotopic (exact) mass is 290 g/mol. The Balaban J connectivity index is 1.54. The second-order valence-corrected chi connectivity index (χ2v) is 8.06. The van der Waals surface area contributed by atoms with Crippen molar-refractivity contribution in [1.82, 2.24) is 10.2 Å². The van der Waals surface area contributed by atoms with E-state index >= 15 is 0 Å². The van der Waals surface area contributed by atoms with Gasteiger partial charge in [0.15, 0.2) is 0 Å². The third-order valence-corrected chi connectivity index (χ3v) is 6.71. The summed E-state index contributed by atoms with van der Waals surface area (Å²) in [5.74, 6) is 0. The summed E-state index contributed by atoms with van der Waals surface area (Å²) in [4.78, 5) is 4.50. The Hall–Kier alpha value is -0.380. The van der Waals surface area contributed by atoms with Crippen LogP contribution in [0, 0.1) is 5.41 Å². The highest BCUT2D eigenvalue weighted by atomic mass is 32.1. The average Bonchev–Trinajstić information content (AvgIpc) is 2.96. The van der Waals surface area contributed by atoms with Crippen LogP contribution in [0.3, 0.4) is 0 Å². The molecular formula is C17H26N2S. The fourth-order valence-corrected chi connectivity index (χ4v) is 5.71. The third kappa shape index (κ3) is 2.34. The van der Waals surface area contributed by atoms with Gasteiger partial charge in [-0.3, -0.25) is 4.90 Å². The number of fused-ring (bicyclic) bond motifs is 1. The van der Waals surface area contributed by atoms with E-state index in [9.17, 15) is 0 Å². The van der Waals surface area contributed by atoms with Gasteiger partial charge in [0.1, 0.15) is 0 Å². The fourth-order valence-electron chi connectivity index (χ4n) is 4.73. The zero-order chi connectivity index (χ0) is 13.4. The van der Waals surface area contributed by atoms with E-state index in [4.69, 9.17) is 0 Å². The largest absolute Gasteiger partial charge is 0.316 e. The minimum atomic E-state index is 0.587. The molecule has 2 nitrogen and oxygen atoms in total. The second-order valence-electron chi connectivity index (χ2n) is 7.06. The molecule has 2 atom stereocenters. The summed E-state index contributed by atoms with van der Waals surface area (Å²) in [5.41, 5.74) is 2.26. The third-order valence-electron chi connectivity index (χ3n) is 5.71. The van der Waals surface area contributed by atoms with Crippen molar-refractivity contribution >= 4 is 11.3 Å². The molecule has 4 rings (SSSR count). The molecule has 3 heteroatoms. The van der Waals surface area contributed by atoms with Crippen LogP contribution in [0.25, 0.3) is 0 Å². The van der Waals surface area contributed by atoms with E-state index in [-0.39, 0.29) is 0 Å². The summed E-state index contributed by atoms with van der Waals surface area (Å²) >= 11 is 1.98. The lowest BCUT2D eigenvalue weighted by Crippen LogP contribution is -2.52. The number of thiophene rings is 1. The SMILES string of the molecule is c1cc2c(s1)CCCC2N1CCCC2(CCCNC2)C1. The maximum atomic E-state index is 3.66. The van der Waals surface area contributed by atoms with Gasteiger partial charge in [-0.25, -0.2) is 0 Å². The smallest absolute Gasteiger partial charge is 0.0359 e. The van der Waals surface area contributed by atoms with Gasteiger partial charge in [0.25, 0.3) is 0 Å². The van der Waals surface area contributed by atoms with Gasteiger partial charge in [0.05, 0.1) is 0 Å². The van der Waals surface area contributed by atoms with Crippen LogP contribution < -0.4 is 5.32 Å². The number of hydrogen-bond acceptors (Lipinski definition) is 3. The molecule has 0 amide bonds. The van der Waals surface area contributed by atoms with Crippen molar-refractivity contribution in [3.63, 3.8) is 0 Å². The van der Waals surface area contributed by atoms with Crippen molar-refractivity contribution in [3.8, 4) is 0 Å². The number of nitrogens with one attached hydrogen (secondary N) is 1. The summed E-state index contributed by atoms with van der Waals surface area (Å²) in [5, 5.41) is 5.97. The van der Waals surface area contributed by atoms with Crippen molar-refractivity contribution in [2.24, 2.45) is 5.41 Å². The van der Waals surface area contributed by atoms with Gasteiger partial charge in [-0.05, 0) is 80.5 Å². The lowest BCUT2D eigenvalue weighted by atomic mass is 9.73. The van der Waals surface area contributed by atoms with E-state index in [1.807, 2.05) is 11.3 Å². The van der Waals surface area contributed by atoms with Gasteiger partial charge < -0.3 is 5.32 Å². The van der Waals surface area contributed by atoms with E-state index in [1.54, 1.807) is 10.4 Å². The maximum absolute atomic E-state index is 3.66. The van der Waals surface area contributed by atoms with Gasteiger partial charge in [-0.15, -0.1) is 11.3 Å². The molecule has 1 aromatic heterocycles. The Morgan fingerprint density at radius 2 is 2.20 bits per heavy atom. The fraction of sp³-hybridized carbons (Fsp3) is 0.765. The first-order valence-corrected chi connectivity index (χ1v) is 9.25. The molecule has 0 aromatic carbocycles. The second kappa shape index (κ2) is 5.43. The normalized spacial score (nSPS) is 35.1. The molecule has 110 valence electrons. The van der Waals surface area contributed by atoms with Crippen molar-refractivity contribution < 1.29 is 0 Å². The Kier molecular flexibility index (Phi) is 3.61. The quantitative estimate of drug-likeness (QED) is 0.850. The summed E-state index contributed by atoms with van der Waals surface area (Å²) in [7, 11) is 0. The highest BCUT2D eigenvalue weighted by molar-refractivity contribution is 7.10.